The van der Waals surface area contributed by atoms with Crippen LogP contribution < -0.4 is 10.1 Å². The van der Waals surface area contributed by atoms with Gasteiger partial charge < -0.3 is 14.8 Å². The number of anilines is 1. The van der Waals surface area contributed by atoms with Crippen molar-refractivity contribution in [1.82, 2.24) is 0 Å². The van der Waals surface area contributed by atoms with Gasteiger partial charge in [0, 0.05) is 22.2 Å². The van der Waals surface area contributed by atoms with Crippen molar-refractivity contribution in [3.05, 3.63) is 57.7 Å². The van der Waals surface area contributed by atoms with E-state index in [0.29, 0.717) is 0 Å². The molecule has 3 rings (SSSR count). The molecule has 0 aromatic heterocycles. The predicted octanol–water partition coefficient (Wildman–Crippen LogP) is 4.81. The van der Waals surface area contributed by atoms with Crippen LogP contribution in [0.1, 0.15) is 24.8 Å². The van der Waals surface area contributed by atoms with Crippen molar-refractivity contribution in [2.24, 2.45) is 0 Å². The maximum atomic E-state index is 5.91. The molecule has 2 aromatic carbocycles. The minimum absolute atomic E-state index is 0.0897. The molecule has 1 unspecified atom stereocenters. The zero-order valence-corrected chi connectivity index (χ0v) is 14.6. The highest BCUT2D eigenvalue weighted by Gasteiger charge is 2.15. The average Bonchev–Trinajstić information content (AvgIpc) is 2.56. The number of benzene rings is 2. The lowest BCUT2D eigenvalue weighted by molar-refractivity contribution is -0.105. The van der Waals surface area contributed by atoms with Crippen LogP contribution in [0.3, 0.4) is 0 Å². The molecule has 1 atom stereocenters. The molecule has 0 aliphatic carbocycles. The Balaban J connectivity index is 1.57. The quantitative estimate of drug-likeness (QED) is 0.720. The predicted molar refractivity (Wildman–Crippen MR) is 97.1 cm³/mol. The molecule has 0 bridgehead atoms. The van der Waals surface area contributed by atoms with Crippen LogP contribution in [0, 0.1) is 3.57 Å². The lowest BCUT2D eigenvalue weighted by Crippen LogP contribution is -2.25. The van der Waals surface area contributed by atoms with Gasteiger partial charge in [0.2, 0.25) is 0 Å². The van der Waals surface area contributed by atoms with Crippen molar-refractivity contribution in [2.45, 2.75) is 32.1 Å². The lowest BCUT2D eigenvalue weighted by Gasteiger charge is -2.23. The van der Waals surface area contributed by atoms with E-state index < -0.39 is 0 Å². The fourth-order valence-corrected chi connectivity index (χ4v) is 2.82. The summed E-state index contributed by atoms with van der Waals surface area (Å²) < 4.78 is 12.8. The highest BCUT2D eigenvalue weighted by Crippen LogP contribution is 2.21. The summed E-state index contributed by atoms with van der Waals surface area (Å²) in [6, 6.07) is 16.6. The van der Waals surface area contributed by atoms with Crippen LogP contribution in [0.2, 0.25) is 0 Å². The van der Waals surface area contributed by atoms with Crippen LogP contribution in [-0.4, -0.2) is 12.9 Å². The lowest BCUT2D eigenvalue weighted by atomic mass is 10.2. The molecule has 0 saturated carbocycles. The Morgan fingerprint density at radius 1 is 1.14 bits per heavy atom. The molecule has 1 saturated heterocycles. The van der Waals surface area contributed by atoms with Crippen LogP contribution in [0.15, 0.2) is 48.5 Å². The van der Waals surface area contributed by atoms with E-state index in [-0.39, 0.29) is 6.29 Å². The number of rotatable bonds is 5. The third kappa shape index (κ3) is 4.61. The molecule has 1 N–H and O–H groups in total. The first kappa shape index (κ1) is 15.6. The second kappa shape index (κ2) is 7.83. The van der Waals surface area contributed by atoms with Crippen LogP contribution >= 0.6 is 22.6 Å². The Hall–Kier alpha value is -1.27. The Kier molecular flexibility index (Phi) is 5.56. The molecule has 4 heteroatoms. The van der Waals surface area contributed by atoms with E-state index in [1.165, 1.54) is 15.6 Å². The van der Waals surface area contributed by atoms with E-state index in [0.717, 1.165) is 37.4 Å². The maximum absolute atomic E-state index is 5.91. The molecule has 1 fully saturated rings. The molecule has 0 radical (unpaired) electrons. The Bertz CT molecular complexity index is 594. The van der Waals surface area contributed by atoms with Crippen molar-refractivity contribution in [2.75, 3.05) is 11.9 Å². The molecular formula is C18H20INO2. The molecule has 0 spiro atoms. The zero-order valence-electron chi connectivity index (χ0n) is 12.4. The van der Waals surface area contributed by atoms with Crippen molar-refractivity contribution in [1.29, 1.82) is 0 Å². The number of hydrogen-bond donors (Lipinski definition) is 1. The highest BCUT2D eigenvalue weighted by molar-refractivity contribution is 14.1. The second-order valence-electron chi connectivity index (χ2n) is 5.42. The summed E-state index contributed by atoms with van der Waals surface area (Å²) in [5.41, 5.74) is 2.33. The van der Waals surface area contributed by atoms with Gasteiger partial charge in [0.25, 0.3) is 0 Å². The topological polar surface area (TPSA) is 30.5 Å². The van der Waals surface area contributed by atoms with Gasteiger partial charge in [0.05, 0.1) is 6.61 Å². The summed E-state index contributed by atoms with van der Waals surface area (Å²) in [4.78, 5) is 0. The van der Waals surface area contributed by atoms with Gasteiger partial charge in [-0.3, -0.25) is 0 Å². The van der Waals surface area contributed by atoms with Gasteiger partial charge in [-0.25, -0.2) is 0 Å². The van der Waals surface area contributed by atoms with Crippen LogP contribution in [0.4, 0.5) is 5.69 Å². The Morgan fingerprint density at radius 3 is 2.77 bits per heavy atom. The van der Waals surface area contributed by atoms with Crippen molar-refractivity contribution in [3.8, 4) is 5.75 Å². The maximum Gasteiger partial charge on any atom is 0.199 e. The molecule has 22 heavy (non-hydrogen) atoms. The Morgan fingerprint density at radius 2 is 2.00 bits per heavy atom. The second-order valence-corrected chi connectivity index (χ2v) is 6.67. The average molecular weight is 409 g/mol. The number of halogens is 1. The molecule has 116 valence electrons. The van der Waals surface area contributed by atoms with E-state index in [1.807, 2.05) is 12.1 Å². The minimum atomic E-state index is -0.0897. The molecule has 1 heterocycles. The monoisotopic (exact) mass is 409 g/mol. The largest absolute Gasteiger partial charge is 0.465 e. The van der Waals surface area contributed by atoms with Gasteiger partial charge in [-0.05, 0) is 77.4 Å². The number of hydrogen-bond acceptors (Lipinski definition) is 3. The van der Waals surface area contributed by atoms with Gasteiger partial charge in [-0.15, -0.1) is 0 Å². The van der Waals surface area contributed by atoms with Crippen LogP contribution in [0.25, 0.3) is 0 Å². The van der Waals surface area contributed by atoms with Gasteiger partial charge >= 0.3 is 0 Å². The van der Waals surface area contributed by atoms with E-state index in [4.69, 9.17) is 9.47 Å². The van der Waals surface area contributed by atoms with Gasteiger partial charge in [-0.2, -0.15) is 0 Å². The first-order valence-corrected chi connectivity index (χ1v) is 8.74. The van der Waals surface area contributed by atoms with Gasteiger partial charge in [-0.1, -0.05) is 12.1 Å². The summed E-state index contributed by atoms with van der Waals surface area (Å²) >= 11 is 2.31. The first-order valence-electron chi connectivity index (χ1n) is 7.66. The van der Waals surface area contributed by atoms with Crippen molar-refractivity contribution >= 4 is 28.3 Å². The van der Waals surface area contributed by atoms with E-state index >= 15 is 0 Å². The smallest absolute Gasteiger partial charge is 0.199 e. The molecule has 1 aliphatic rings. The SMILES string of the molecule is Ic1ccc(NCc2cccc(OC3CCCCO3)c2)cc1. The molecule has 2 aromatic rings. The van der Waals surface area contributed by atoms with Gasteiger partial charge in [0.1, 0.15) is 5.75 Å². The van der Waals surface area contributed by atoms with E-state index in [1.54, 1.807) is 0 Å². The van der Waals surface area contributed by atoms with Gasteiger partial charge in [0.15, 0.2) is 6.29 Å². The fourth-order valence-electron chi connectivity index (χ4n) is 2.46. The van der Waals surface area contributed by atoms with Crippen LogP contribution in [0.5, 0.6) is 5.75 Å². The summed E-state index contributed by atoms with van der Waals surface area (Å²) in [7, 11) is 0. The fraction of sp³-hybridized carbons (Fsp3) is 0.333. The van der Waals surface area contributed by atoms with Crippen LogP contribution in [-0.2, 0) is 11.3 Å². The first-order chi connectivity index (χ1) is 10.8. The molecule has 0 amide bonds. The molecular weight excluding hydrogens is 389 g/mol. The standard InChI is InChI=1S/C18H20INO2/c19-15-7-9-16(10-8-15)20-13-14-4-3-5-17(12-14)22-18-6-1-2-11-21-18/h3-5,7-10,12,18,20H,1-2,6,11,13H2. The number of ether oxygens (including phenoxy) is 2. The van der Waals surface area contributed by atoms with Crippen molar-refractivity contribution < 1.29 is 9.47 Å². The van der Waals surface area contributed by atoms with E-state index in [9.17, 15) is 0 Å². The molecule has 3 nitrogen and oxygen atoms in total. The third-order valence-corrected chi connectivity index (χ3v) is 4.36. The zero-order chi connectivity index (χ0) is 15.2. The Labute approximate surface area is 145 Å². The summed E-state index contributed by atoms with van der Waals surface area (Å²) in [6.45, 7) is 1.59. The van der Waals surface area contributed by atoms with Crippen molar-refractivity contribution in [3.63, 3.8) is 0 Å². The highest BCUT2D eigenvalue weighted by atomic mass is 127. The number of nitrogens with one attached hydrogen (secondary N) is 1. The molecule has 1 aliphatic heterocycles. The third-order valence-electron chi connectivity index (χ3n) is 3.64. The summed E-state index contributed by atoms with van der Waals surface area (Å²) in [6.07, 6.45) is 3.21. The minimum Gasteiger partial charge on any atom is -0.465 e. The normalized spacial score (nSPS) is 18.0. The van der Waals surface area contributed by atoms with E-state index in [2.05, 4.69) is 64.3 Å². The summed E-state index contributed by atoms with van der Waals surface area (Å²) in [5, 5.41) is 3.43. The summed E-state index contributed by atoms with van der Waals surface area (Å²) in [5.74, 6) is 0.883.